The minimum Gasteiger partial charge on any atom is -0.326 e. The summed E-state index contributed by atoms with van der Waals surface area (Å²) in [6.07, 6.45) is 1.54. The van der Waals surface area contributed by atoms with Crippen molar-refractivity contribution in [2.75, 3.05) is 0 Å². The van der Waals surface area contributed by atoms with E-state index in [0.29, 0.717) is 12.2 Å². The van der Waals surface area contributed by atoms with Gasteiger partial charge in [0.05, 0.1) is 12.2 Å². The standard InChI is InChI=1S/C11H14N4O2S2/c1-8-5-11(18-10(8)6-12)19(16,17)14-7-9-3-2-4-13-15-9/h2-5,14H,6-7,12H2,1H3. The molecule has 0 aliphatic carbocycles. The van der Waals surface area contributed by atoms with Crippen LogP contribution in [0, 0.1) is 6.92 Å². The average Bonchev–Trinajstić information content (AvgIpc) is 2.80. The van der Waals surface area contributed by atoms with Gasteiger partial charge in [-0.2, -0.15) is 10.2 Å². The van der Waals surface area contributed by atoms with Crippen molar-refractivity contribution in [2.45, 2.75) is 24.2 Å². The lowest BCUT2D eigenvalue weighted by molar-refractivity contribution is 0.582. The van der Waals surface area contributed by atoms with Gasteiger partial charge in [0.15, 0.2) is 0 Å². The summed E-state index contributed by atoms with van der Waals surface area (Å²) in [4.78, 5) is 0.875. The molecule has 0 aliphatic rings. The van der Waals surface area contributed by atoms with Crippen LogP contribution < -0.4 is 10.5 Å². The first-order valence-electron chi connectivity index (χ1n) is 5.58. The quantitative estimate of drug-likeness (QED) is 0.850. The molecule has 0 aromatic carbocycles. The van der Waals surface area contributed by atoms with Crippen molar-refractivity contribution in [2.24, 2.45) is 5.73 Å². The van der Waals surface area contributed by atoms with E-state index in [0.717, 1.165) is 10.4 Å². The Hall–Kier alpha value is -1.35. The molecule has 0 saturated carbocycles. The molecule has 8 heteroatoms. The van der Waals surface area contributed by atoms with Crippen LogP contribution in [0.2, 0.25) is 0 Å². The van der Waals surface area contributed by atoms with Crippen molar-refractivity contribution in [3.05, 3.63) is 40.5 Å². The fourth-order valence-electron chi connectivity index (χ4n) is 1.49. The van der Waals surface area contributed by atoms with E-state index in [2.05, 4.69) is 14.9 Å². The Morgan fingerprint density at radius 2 is 2.26 bits per heavy atom. The number of hydrogen-bond donors (Lipinski definition) is 2. The Bertz CT molecular complexity index is 653. The maximum absolute atomic E-state index is 12.1. The van der Waals surface area contributed by atoms with Gasteiger partial charge >= 0.3 is 0 Å². The summed E-state index contributed by atoms with van der Waals surface area (Å²) in [6.45, 7) is 2.31. The van der Waals surface area contributed by atoms with Crippen LogP contribution in [-0.4, -0.2) is 18.6 Å². The number of aromatic nitrogens is 2. The molecule has 0 atom stereocenters. The molecule has 2 rings (SSSR count). The average molecular weight is 298 g/mol. The first kappa shape index (κ1) is 14.1. The fraction of sp³-hybridized carbons (Fsp3) is 0.273. The molecule has 0 saturated heterocycles. The highest BCUT2D eigenvalue weighted by Crippen LogP contribution is 2.25. The molecule has 0 spiro atoms. The minimum atomic E-state index is -3.53. The van der Waals surface area contributed by atoms with Gasteiger partial charge in [-0.3, -0.25) is 0 Å². The molecule has 102 valence electrons. The third kappa shape index (κ3) is 3.35. The molecule has 2 aromatic rings. The fourth-order valence-corrected chi connectivity index (χ4v) is 4.00. The Kier molecular flexibility index (Phi) is 4.25. The Balaban J connectivity index is 2.14. The van der Waals surface area contributed by atoms with E-state index in [1.807, 2.05) is 6.92 Å². The molecule has 19 heavy (non-hydrogen) atoms. The van der Waals surface area contributed by atoms with Crippen molar-refractivity contribution in [1.82, 2.24) is 14.9 Å². The van der Waals surface area contributed by atoms with Gasteiger partial charge in [0, 0.05) is 17.6 Å². The highest BCUT2D eigenvalue weighted by Gasteiger charge is 2.18. The van der Waals surface area contributed by atoms with Gasteiger partial charge in [-0.05, 0) is 30.7 Å². The van der Waals surface area contributed by atoms with E-state index in [1.165, 1.54) is 17.5 Å². The molecule has 0 amide bonds. The summed E-state index contributed by atoms with van der Waals surface area (Å²) in [5.41, 5.74) is 7.01. The molecule has 0 bridgehead atoms. The van der Waals surface area contributed by atoms with Gasteiger partial charge in [0.2, 0.25) is 10.0 Å². The number of hydrogen-bond acceptors (Lipinski definition) is 6. The highest BCUT2D eigenvalue weighted by atomic mass is 32.2. The molecule has 0 unspecified atom stereocenters. The normalized spacial score (nSPS) is 11.7. The first-order chi connectivity index (χ1) is 9.03. The van der Waals surface area contributed by atoms with E-state index < -0.39 is 10.0 Å². The summed E-state index contributed by atoms with van der Waals surface area (Å²) < 4.78 is 27.0. The number of aryl methyl sites for hydroxylation is 1. The van der Waals surface area contributed by atoms with E-state index in [4.69, 9.17) is 5.73 Å². The molecular weight excluding hydrogens is 284 g/mol. The van der Waals surface area contributed by atoms with Gasteiger partial charge in [0.25, 0.3) is 0 Å². The summed E-state index contributed by atoms with van der Waals surface area (Å²) in [7, 11) is -3.53. The number of thiophene rings is 1. The van der Waals surface area contributed by atoms with E-state index in [1.54, 1.807) is 18.2 Å². The Morgan fingerprint density at radius 1 is 1.47 bits per heavy atom. The van der Waals surface area contributed by atoms with Crippen LogP contribution in [0.5, 0.6) is 0 Å². The monoisotopic (exact) mass is 298 g/mol. The van der Waals surface area contributed by atoms with Crippen LogP contribution in [-0.2, 0) is 23.1 Å². The lowest BCUT2D eigenvalue weighted by Gasteiger charge is -2.03. The SMILES string of the molecule is Cc1cc(S(=O)(=O)NCc2cccnn2)sc1CN. The predicted octanol–water partition coefficient (Wildman–Crippen LogP) is 0.784. The van der Waals surface area contributed by atoms with Crippen LogP contribution in [0.4, 0.5) is 0 Å². The second kappa shape index (κ2) is 5.74. The number of nitrogens with zero attached hydrogens (tertiary/aromatic N) is 2. The maximum Gasteiger partial charge on any atom is 0.250 e. The zero-order chi connectivity index (χ0) is 13.9. The zero-order valence-corrected chi connectivity index (χ0v) is 12.0. The molecule has 0 radical (unpaired) electrons. The van der Waals surface area contributed by atoms with Crippen molar-refractivity contribution in [3.63, 3.8) is 0 Å². The molecule has 3 N–H and O–H groups in total. The zero-order valence-electron chi connectivity index (χ0n) is 10.3. The molecule has 0 aliphatic heterocycles. The van der Waals surface area contributed by atoms with Gasteiger partial charge in [-0.15, -0.1) is 11.3 Å². The second-order valence-corrected chi connectivity index (χ2v) is 7.05. The number of nitrogens with one attached hydrogen (secondary N) is 1. The topological polar surface area (TPSA) is 98.0 Å². The molecule has 6 nitrogen and oxygen atoms in total. The van der Waals surface area contributed by atoms with Gasteiger partial charge in [-0.25, -0.2) is 13.1 Å². The Labute approximate surface area is 115 Å². The molecular formula is C11H14N4O2S2. The summed E-state index contributed by atoms with van der Waals surface area (Å²) >= 11 is 1.19. The van der Waals surface area contributed by atoms with Crippen LogP contribution in [0.1, 0.15) is 16.1 Å². The third-order valence-electron chi connectivity index (χ3n) is 2.52. The number of sulfonamides is 1. The van der Waals surface area contributed by atoms with Crippen LogP contribution in [0.15, 0.2) is 28.6 Å². The lowest BCUT2D eigenvalue weighted by Crippen LogP contribution is -2.23. The summed E-state index contributed by atoms with van der Waals surface area (Å²) in [5, 5.41) is 7.51. The van der Waals surface area contributed by atoms with Crippen molar-refractivity contribution in [1.29, 1.82) is 0 Å². The summed E-state index contributed by atoms with van der Waals surface area (Å²) in [6, 6.07) is 5.05. The smallest absolute Gasteiger partial charge is 0.250 e. The summed E-state index contributed by atoms with van der Waals surface area (Å²) in [5.74, 6) is 0. The maximum atomic E-state index is 12.1. The lowest BCUT2D eigenvalue weighted by atomic mass is 10.3. The van der Waals surface area contributed by atoms with Crippen molar-refractivity contribution >= 4 is 21.4 Å². The highest BCUT2D eigenvalue weighted by molar-refractivity contribution is 7.91. The molecule has 0 fully saturated rings. The third-order valence-corrected chi connectivity index (χ3v) is 5.65. The van der Waals surface area contributed by atoms with E-state index in [9.17, 15) is 8.42 Å². The first-order valence-corrected chi connectivity index (χ1v) is 7.88. The van der Waals surface area contributed by atoms with Crippen molar-refractivity contribution < 1.29 is 8.42 Å². The molecule has 2 heterocycles. The predicted molar refractivity (Wildman–Crippen MR) is 73.0 cm³/mol. The van der Waals surface area contributed by atoms with Gasteiger partial charge in [0.1, 0.15) is 4.21 Å². The number of rotatable bonds is 5. The van der Waals surface area contributed by atoms with E-state index in [-0.39, 0.29) is 10.8 Å². The second-order valence-electron chi connectivity index (χ2n) is 3.92. The molecule has 2 aromatic heterocycles. The largest absolute Gasteiger partial charge is 0.326 e. The number of nitrogens with two attached hydrogens (primary N) is 1. The Morgan fingerprint density at radius 3 is 2.84 bits per heavy atom. The van der Waals surface area contributed by atoms with Crippen LogP contribution >= 0.6 is 11.3 Å². The van der Waals surface area contributed by atoms with Crippen LogP contribution in [0.25, 0.3) is 0 Å². The van der Waals surface area contributed by atoms with E-state index >= 15 is 0 Å². The van der Waals surface area contributed by atoms with Gasteiger partial charge in [-0.1, -0.05) is 0 Å². The van der Waals surface area contributed by atoms with Crippen LogP contribution in [0.3, 0.4) is 0 Å². The van der Waals surface area contributed by atoms with Gasteiger partial charge < -0.3 is 5.73 Å². The minimum absolute atomic E-state index is 0.116. The van der Waals surface area contributed by atoms with Crippen molar-refractivity contribution in [3.8, 4) is 0 Å².